The number of methoxy groups -OCH3 is 1. The number of aromatic nitrogens is 1. The van der Waals surface area contributed by atoms with Gasteiger partial charge in [-0.1, -0.05) is 12.1 Å². The van der Waals surface area contributed by atoms with Crippen LogP contribution in [0.3, 0.4) is 0 Å². The van der Waals surface area contributed by atoms with Crippen LogP contribution in [0.15, 0.2) is 59.7 Å². The molecule has 0 bridgehead atoms. The maximum Gasteiger partial charge on any atom is 0.260 e. The molecule has 1 saturated heterocycles. The van der Waals surface area contributed by atoms with E-state index in [9.17, 15) is 14.0 Å². The number of rotatable bonds is 10. The summed E-state index contributed by atoms with van der Waals surface area (Å²) in [5, 5.41) is 3.16. The molecule has 3 aromatic rings. The Hall–Kier alpha value is -4.15. The predicted octanol–water partition coefficient (Wildman–Crippen LogP) is 4.11. The molecule has 2 aliphatic heterocycles. The molecule has 0 spiro atoms. The summed E-state index contributed by atoms with van der Waals surface area (Å²) in [7, 11) is 1.50. The zero-order chi connectivity index (χ0) is 29.9. The fourth-order valence-corrected chi connectivity index (χ4v) is 5.84. The fraction of sp³-hybridized carbons (Fsp3) is 0.394. The van der Waals surface area contributed by atoms with E-state index in [0.29, 0.717) is 55.3 Å². The number of likely N-dealkylation sites (tertiary alicyclic amines) is 1. The summed E-state index contributed by atoms with van der Waals surface area (Å²) < 4.78 is 20.3. The molecule has 43 heavy (non-hydrogen) atoms. The Balaban J connectivity index is 1.17. The Labute approximate surface area is 250 Å². The van der Waals surface area contributed by atoms with Crippen LogP contribution in [0, 0.1) is 18.7 Å². The third-order valence-corrected chi connectivity index (χ3v) is 8.37. The molecule has 10 heteroatoms. The number of piperidine rings is 1. The van der Waals surface area contributed by atoms with E-state index in [1.807, 2.05) is 42.2 Å². The third-order valence-electron chi connectivity index (χ3n) is 8.37. The van der Waals surface area contributed by atoms with Crippen LogP contribution < -0.4 is 15.5 Å². The molecule has 1 aliphatic carbocycles. The number of pyridine rings is 1. The minimum Gasteiger partial charge on any atom is -0.496 e. The number of fused-ring (bicyclic) bond motifs is 1. The highest BCUT2D eigenvalue weighted by Gasteiger charge is 2.35. The molecular weight excluding hydrogens is 549 g/mol. The van der Waals surface area contributed by atoms with E-state index >= 15 is 0 Å². The molecule has 3 heterocycles. The van der Waals surface area contributed by atoms with Crippen LogP contribution in [0.25, 0.3) is 0 Å². The molecule has 0 unspecified atom stereocenters. The van der Waals surface area contributed by atoms with Gasteiger partial charge in [0.2, 0.25) is 0 Å². The lowest BCUT2D eigenvalue weighted by Crippen LogP contribution is -2.56. The van der Waals surface area contributed by atoms with E-state index in [2.05, 4.69) is 15.8 Å². The largest absolute Gasteiger partial charge is 0.496 e. The number of hydrogen-bond donors (Lipinski definition) is 2. The van der Waals surface area contributed by atoms with Gasteiger partial charge in [-0.05, 0) is 80.5 Å². The number of aliphatic imine (C=N–C) groups is 1. The number of aryl methyl sites for hydroxylation is 1. The van der Waals surface area contributed by atoms with Crippen LogP contribution >= 0.6 is 0 Å². The summed E-state index contributed by atoms with van der Waals surface area (Å²) in [6.07, 6.45) is 5.05. The van der Waals surface area contributed by atoms with Crippen molar-refractivity contribution in [3.05, 3.63) is 94.1 Å². The Morgan fingerprint density at radius 3 is 2.74 bits per heavy atom. The van der Waals surface area contributed by atoms with Crippen LogP contribution in [-0.4, -0.2) is 59.8 Å². The quantitative estimate of drug-likeness (QED) is 0.347. The van der Waals surface area contributed by atoms with E-state index in [1.165, 1.54) is 13.2 Å². The van der Waals surface area contributed by atoms with Gasteiger partial charge in [-0.2, -0.15) is 0 Å². The molecule has 6 rings (SSSR count). The van der Waals surface area contributed by atoms with E-state index < -0.39 is 11.9 Å². The topological polar surface area (TPSA) is 105 Å². The predicted molar refractivity (Wildman–Crippen MR) is 159 cm³/mol. The van der Waals surface area contributed by atoms with Crippen LogP contribution in [0.2, 0.25) is 0 Å². The zero-order valence-corrected chi connectivity index (χ0v) is 24.4. The number of amides is 2. The first-order chi connectivity index (χ1) is 20.9. The van der Waals surface area contributed by atoms with Crippen molar-refractivity contribution < 1.29 is 23.6 Å². The molecule has 1 saturated carbocycles. The molecule has 2 fully saturated rings. The second kappa shape index (κ2) is 12.6. The highest BCUT2D eigenvalue weighted by Crippen LogP contribution is 2.30. The number of nitrogens with zero attached hydrogens (tertiary/aromatic N) is 3. The van der Waals surface area contributed by atoms with Crippen molar-refractivity contribution in [2.24, 2.45) is 10.9 Å². The third kappa shape index (κ3) is 6.60. The molecule has 2 N–H and O–H groups in total. The molecule has 9 nitrogen and oxygen atoms in total. The van der Waals surface area contributed by atoms with Gasteiger partial charge in [0.1, 0.15) is 11.6 Å². The van der Waals surface area contributed by atoms with Crippen LogP contribution in [0.1, 0.15) is 64.0 Å². The monoisotopic (exact) mass is 585 g/mol. The SMILES string of the molecule is COc1cccc(F)c1CN1C[C@H](NC(=O)c2ccc3c(c2)C(c2ccnc(C)c2)=NC3)CC[C@H]1C(=O)NOCC1CC1. The number of hydroxylamine groups is 1. The number of ether oxygens (including phenoxy) is 1. The average Bonchev–Trinajstić information content (AvgIpc) is 3.73. The average molecular weight is 586 g/mol. The van der Waals surface area contributed by atoms with Gasteiger partial charge in [-0.25, -0.2) is 9.87 Å². The van der Waals surface area contributed by atoms with Gasteiger partial charge in [0.15, 0.2) is 0 Å². The van der Waals surface area contributed by atoms with Crippen molar-refractivity contribution >= 4 is 17.5 Å². The molecular formula is C33H36FN5O4. The first-order valence-corrected chi connectivity index (χ1v) is 14.8. The molecule has 2 amide bonds. The Kier molecular flexibility index (Phi) is 8.49. The Bertz CT molecular complexity index is 1560. The van der Waals surface area contributed by atoms with Crippen molar-refractivity contribution in [3.8, 4) is 5.75 Å². The minimum atomic E-state index is -0.542. The second-order valence-corrected chi connectivity index (χ2v) is 11.6. The van der Waals surface area contributed by atoms with Gasteiger partial charge in [-0.15, -0.1) is 0 Å². The van der Waals surface area contributed by atoms with Crippen molar-refractivity contribution in [1.82, 2.24) is 20.7 Å². The van der Waals surface area contributed by atoms with Gasteiger partial charge >= 0.3 is 0 Å². The van der Waals surface area contributed by atoms with Gasteiger partial charge in [0.25, 0.3) is 11.8 Å². The fourth-order valence-electron chi connectivity index (χ4n) is 5.84. The van der Waals surface area contributed by atoms with Gasteiger partial charge in [0, 0.05) is 53.3 Å². The minimum absolute atomic E-state index is 0.146. The number of hydrogen-bond acceptors (Lipinski definition) is 7. The summed E-state index contributed by atoms with van der Waals surface area (Å²) >= 11 is 0. The zero-order valence-electron chi connectivity index (χ0n) is 24.4. The summed E-state index contributed by atoms with van der Waals surface area (Å²) in [5.74, 6) is 0.0342. The lowest BCUT2D eigenvalue weighted by molar-refractivity contribution is -0.141. The summed E-state index contributed by atoms with van der Waals surface area (Å²) in [5.41, 5.74) is 8.25. The molecule has 224 valence electrons. The number of carbonyl (C=O) groups excluding carboxylic acids is 2. The van der Waals surface area contributed by atoms with Crippen LogP contribution in [0.5, 0.6) is 5.75 Å². The van der Waals surface area contributed by atoms with Gasteiger partial charge in [-0.3, -0.25) is 29.3 Å². The first kappa shape index (κ1) is 28.9. The van der Waals surface area contributed by atoms with Crippen LogP contribution in [-0.2, 0) is 22.7 Å². The van der Waals surface area contributed by atoms with Crippen molar-refractivity contribution in [2.75, 3.05) is 20.3 Å². The second-order valence-electron chi connectivity index (χ2n) is 11.6. The molecule has 2 aromatic carbocycles. The smallest absolute Gasteiger partial charge is 0.260 e. The highest BCUT2D eigenvalue weighted by molar-refractivity contribution is 6.16. The normalized spacial score (nSPS) is 19.8. The number of carbonyl (C=O) groups is 2. The van der Waals surface area contributed by atoms with E-state index in [0.717, 1.165) is 40.9 Å². The standard InChI is InChI=1S/C33H36FN5O4/c1-20-14-22(12-13-35-20)31-26-15-23(8-9-24(26)16-36-31)32(40)37-25-10-11-29(33(41)38-43-19-21-6-7-21)39(17-25)18-27-28(34)4-3-5-30(27)42-2/h3-5,8-9,12-15,21,25,29H,6-7,10-11,16-19H2,1-2H3,(H,37,40)(H,38,41)/t25-,29+/m1/s1. The van der Waals surface area contributed by atoms with Crippen molar-refractivity contribution in [2.45, 2.75) is 57.8 Å². The van der Waals surface area contributed by atoms with E-state index in [4.69, 9.17) is 14.6 Å². The molecule has 3 aliphatic rings. The summed E-state index contributed by atoms with van der Waals surface area (Å²) in [4.78, 5) is 43.0. The Morgan fingerprint density at radius 1 is 1.09 bits per heavy atom. The first-order valence-electron chi connectivity index (χ1n) is 14.8. The van der Waals surface area contributed by atoms with E-state index in [-0.39, 0.29) is 24.4 Å². The molecule has 2 atom stereocenters. The maximum absolute atomic E-state index is 14.9. The lowest BCUT2D eigenvalue weighted by Gasteiger charge is -2.39. The van der Waals surface area contributed by atoms with E-state index in [1.54, 1.807) is 18.3 Å². The summed E-state index contributed by atoms with van der Waals surface area (Å²) in [6, 6.07) is 13.5. The molecule has 0 radical (unpaired) electrons. The van der Waals surface area contributed by atoms with Crippen molar-refractivity contribution in [1.29, 1.82) is 0 Å². The lowest BCUT2D eigenvalue weighted by atomic mass is 9.95. The summed E-state index contributed by atoms with van der Waals surface area (Å²) in [6.45, 7) is 3.50. The number of halogens is 1. The van der Waals surface area contributed by atoms with Crippen LogP contribution in [0.4, 0.5) is 4.39 Å². The maximum atomic E-state index is 14.9. The van der Waals surface area contributed by atoms with Crippen molar-refractivity contribution in [3.63, 3.8) is 0 Å². The Morgan fingerprint density at radius 2 is 1.95 bits per heavy atom. The number of benzene rings is 2. The van der Waals surface area contributed by atoms with Gasteiger partial charge in [0.05, 0.1) is 32.0 Å². The molecule has 1 aromatic heterocycles. The van der Waals surface area contributed by atoms with Gasteiger partial charge < -0.3 is 10.1 Å². The number of nitrogens with one attached hydrogen (secondary N) is 2. The highest BCUT2D eigenvalue weighted by atomic mass is 19.1.